The molecular weight excluding hydrogens is 526 g/mol. The maximum Gasteiger partial charge on any atom is 0.337 e. The molecule has 0 saturated heterocycles. The molecule has 0 saturated carbocycles. The van der Waals surface area contributed by atoms with E-state index in [1.165, 1.54) is 48.3 Å². The monoisotopic (exact) mass is 549 g/mol. The Labute approximate surface area is 226 Å². The van der Waals surface area contributed by atoms with Gasteiger partial charge in [-0.15, -0.1) is 17.9 Å². The molecule has 9 nitrogen and oxygen atoms in total. The Balaban J connectivity index is 1.60. The molecule has 38 heavy (non-hydrogen) atoms. The van der Waals surface area contributed by atoms with Crippen LogP contribution in [0.2, 0.25) is 0 Å². The molecule has 4 rings (SSSR count). The number of ether oxygens (including phenoxy) is 2. The summed E-state index contributed by atoms with van der Waals surface area (Å²) in [6.07, 6.45) is 1.60. The topological polar surface area (TPSA) is 117 Å². The minimum atomic E-state index is -0.669. The van der Waals surface area contributed by atoms with Gasteiger partial charge in [0.1, 0.15) is 4.83 Å². The number of esters is 2. The van der Waals surface area contributed by atoms with E-state index in [1.54, 1.807) is 6.08 Å². The lowest BCUT2D eigenvalue weighted by atomic mass is 10.1. The highest BCUT2D eigenvalue weighted by atomic mass is 32.2. The van der Waals surface area contributed by atoms with Gasteiger partial charge in [-0.3, -0.25) is 14.2 Å². The summed E-state index contributed by atoms with van der Waals surface area (Å²) in [5.41, 5.74) is 1.89. The molecule has 4 aromatic rings. The zero-order valence-electron chi connectivity index (χ0n) is 20.6. The van der Waals surface area contributed by atoms with E-state index >= 15 is 0 Å². The zero-order valence-corrected chi connectivity index (χ0v) is 22.2. The number of nitrogens with one attached hydrogen (secondary N) is 1. The summed E-state index contributed by atoms with van der Waals surface area (Å²) in [4.78, 5) is 55.5. The molecular formula is C27H23N3O6S2. The lowest BCUT2D eigenvalue weighted by Gasteiger charge is -2.12. The fourth-order valence-electron chi connectivity index (χ4n) is 3.73. The van der Waals surface area contributed by atoms with E-state index in [1.807, 2.05) is 35.7 Å². The molecule has 0 fully saturated rings. The van der Waals surface area contributed by atoms with E-state index < -0.39 is 17.8 Å². The molecule has 0 spiro atoms. The molecule has 2 aromatic heterocycles. The third-order valence-electron chi connectivity index (χ3n) is 5.45. The van der Waals surface area contributed by atoms with Crippen molar-refractivity contribution in [3.05, 3.63) is 88.0 Å². The Morgan fingerprint density at radius 3 is 2.34 bits per heavy atom. The van der Waals surface area contributed by atoms with Gasteiger partial charge in [0, 0.05) is 23.2 Å². The number of aromatic nitrogens is 2. The van der Waals surface area contributed by atoms with Crippen LogP contribution in [0.5, 0.6) is 0 Å². The molecule has 1 amide bonds. The van der Waals surface area contributed by atoms with Crippen molar-refractivity contribution in [2.45, 2.75) is 11.7 Å². The number of hydrogen-bond donors (Lipinski definition) is 1. The predicted molar refractivity (Wildman–Crippen MR) is 148 cm³/mol. The van der Waals surface area contributed by atoms with E-state index in [4.69, 9.17) is 9.47 Å². The van der Waals surface area contributed by atoms with E-state index in [0.717, 1.165) is 22.9 Å². The minimum absolute atomic E-state index is 0.0807. The summed E-state index contributed by atoms with van der Waals surface area (Å²) in [5.74, 6) is -1.85. The number of rotatable bonds is 9. The molecule has 1 N–H and O–H groups in total. The fraction of sp³-hybridized carbons (Fsp3) is 0.148. The molecule has 0 atom stereocenters. The fourth-order valence-corrected chi connectivity index (χ4v) is 5.53. The highest BCUT2D eigenvalue weighted by Gasteiger charge is 2.19. The van der Waals surface area contributed by atoms with Crippen LogP contribution in [0.3, 0.4) is 0 Å². The highest BCUT2D eigenvalue weighted by Crippen LogP contribution is 2.32. The van der Waals surface area contributed by atoms with Gasteiger partial charge < -0.3 is 14.8 Å². The van der Waals surface area contributed by atoms with Crippen LogP contribution >= 0.6 is 23.1 Å². The van der Waals surface area contributed by atoms with E-state index in [2.05, 4.69) is 16.9 Å². The van der Waals surface area contributed by atoms with Crippen molar-refractivity contribution in [3.63, 3.8) is 0 Å². The van der Waals surface area contributed by atoms with Crippen LogP contribution in [0.25, 0.3) is 21.3 Å². The maximum absolute atomic E-state index is 13.5. The van der Waals surface area contributed by atoms with Crippen LogP contribution in [-0.4, -0.2) is 47.4 Å². The molecule has 0 aliphatic rings. The summed E-state index contributed by atoms with van der Waals surface area (Å²) in [5, 5.41) is 5.47. The number of carbonyl (C=O) groups is 3. The standard InChI is InChI=1S/C27H23N3O6S2/c1-4-10-30-24(32)22-20(16-8-6-5-7-9-16)14-37-23(22)29-27(30)38-15-21(31)28-19-12-17(25(33)35-2)11-18(13-19)26(34)36-3/h4-9,11-14H,1,10,15H2,2-3H3,(H,28,31). The van der Waals surface area contributed by atoms with Gasteiger partial charge in [0.05, 0.1) is 36.5 Å². The summed E-state index contributed by atoms with van der Waals surface area (Å²) < 4.78 is 10.9. The highest BCUT2D eigenvalue weighted by molar-refractivity contribution is 7.99. The molecule has 194 valence electrons. The Morgan fingerprint density at radius 1 is 1.08 bits per heavy atom. The Kier molecular flexibility index (Phi) is 8.39. The summed E-state index contributed by atoms with van der Waals surface area (Å²) in [6.45, 7) is 3.97. The summed E-state index contributed by atoms with van der Waals surface area (Å²) in [6, 6.07) is 13.7. The quantitative estimate of drug-likeness (QED) is 0.139. The van der Waals surface area contributed by atoms with Crippen molar-refractivity contribution >= 4 is 56.8 Å². The lowest BCUT2D eigenvalue weighted by molar-refractivity contribution is -0.113. The van der Waals surface area contributed by atoms with Crippen molar-refractivity contribution < 1.29 is 23.9 Å². The number of thiophene rings is 1. The third-order valence-corrected chi connectivity index (χ3v) is 7.30. The molecule has 2 aromatic carbocycles. The average Bonchev–Trinajstić information content (AvgIpc) is 3.37. The van der Waals surface area contributed by atoms with Gasteiger partial charge >= 0.3 is 11.9 Å². The number of anilines is 1. The van der Waals surface area contributed by atoms with Crippen LogP contribution in [-0.2, 0) is 20.8 Å². The smallest absolute Gasteiger partial charge is 0.337 e. The van der Waals surface area contributed by atoms with Crippen molar-refractivity contribution in [3.8, 4) is 11.1 Å². The van der Waals surface area contributed by atoms with Crippen molar-refractivity contribution in [2.75, 3.05) is 25.3 Å². The van der Waals surface area contributed by atoms with Crippen LogP contribution < -0.4 is 10.9 Å². The first-order valence-electron chi connectivity index (χ1n) is 11.3. The number of thioether (sulfide) groups is 1. The molecule has 0 radical (unpaired) electrons. The first-order chi connectivity index (χ1) is 18.4. The SMILES string of the molecule is C=CCn1c(SCC(=O)Nc2cc(C(=O)OC)cc(C(=O)OC)c2)nc2scc(-c3ccccc3)c2c1=O. The van der Waals surface area contributed by atoms with Crippen LogP contribution in [0.1, 0.15) is 20.7 Å². The van der Waals surface area contributed by atoms with Gasteiger partial charge in [-0.2, -0.15) is 0 Å². The van der Waals surface area contributed by atoms with Gasteiger partial charge in [-0.25, -0.2) is 14.6 Å². The van der Waals surface area contributed by atoms with Gasteiger partial charge in [-0.05, 0) is 23.8 Å². The van der Waals surface area contributed by atoms with Crippen LogP contribution in [0.15, 0.2) is 76.5 Å². The van der Waals surface area contributed by atoms with Crippen molar-refractivity contribution in [1.82, 2.24) is 9.55 Å². The molecule has 11 heteroatoms. The first kappa shape index (κ1) is 26.8. The largest absolute Gasteiger partial charge is 0.465 e. The molecule has 0 aliphatic heterocycles. The Bertz CT molecular complexity index is 1560. The first-order valence-corrected chi connectivity index (χ1v) is 13.2. The second-order valence-corrected chi connectivity index (χ2v) is 9.71. The number of nitrogens with zero attached hydrogens (tertiary/aromatic N) is 2. The van der Waals surface area contributed by atoms with E-state index in [9.17, 15) is 19.2 Å². The number of hydrogen-bond acceptors (Lipinski definition) is 9. The number of amides is 1. The summed E-state index contributed by atoms with van der Waals surface area (Å²) >= 11 is 2.46. The van der Waals surface area contributed by atoms with Gasteiger partial charge in [0.15, 0.2) is 5.16 Å². The maximum atomic E-state index is 13.5. The van der Waals surface area contributed by atoms with Crippen LogP contribution in [0, 0.1) is 0 Å². The van der Waals surface area contributed by atoms with E-state index in [0.29, 0.717) is 15.4 Å². The Morgan fingerprint density at radius 2 is 1.74 bits per heavy atom. The van der Waals surface area contributed by atoms with Gasteiger partial charge in [0.25, 0.3) is 5.56 Å². The molecule has 2 heterocycles. The van der Waals surface area contributed by atoms with Crippen molar-refractivity contribution in [2.24, 2.45) is 0 Å². The van der Waals surface area contributed by atoms with Gasteiger partial charge in [0.2, 0.25) is 5.91 Å². The number of allylic oxidation sites excluding steroid dienone is 1. The lowest BCUT2D eigenvalue weighted by Crippen LogP contribution is -2.23. The predicted octanol–water partition coefficient (Wildman–Crippen LogP) is 4.62. The van der Waals surface area contributed by atoms with Crippen molar-refractivity contribution in [1.29, 1.82) is 0 Å². The zero-order chi connectivity index (χ0) is 27.2. The number of benzene rings is 2. The van der Waals surface area contributed by atoms with E-state index in [-0.39, 0.29) is 34.7 Å². The molecule has 0 bridgehead atoms. The molecule has 0 unspecified atom stereocenters. The van der Waals surface area contributed by atoms with Crippen LogP contribution in [0.4, 0.5) is 5.69 Å². The number of carbonyl (C=O) groups excluding carboxylic acids is 3. The Hall–Kier alpha value is -4.22. The number of methoxy groups -OCH3 is 2. The molecule has 0 aliphatic carbocycles. The third kappa shape index (κ3) is 5.68. The van der Waals surface area contributed by atoms with Gasteiger partial charge in [-0.1, -0.05) is 48.2 Å². The summed E-state index contributed by atoms with van der Waals surface area (Å²) in [7, 11) is 2.43. The average molecular weight is 550 g/mol. The second-order valence-electron chi connectivity index (χ2n) is 7.91. The normalized spacial score (nSPS) is 10.7. The second kappa shape index (κ2) is 11.9. The minimum Gasteiger partial charge on any atom is -0.465 e. The number of fused-ring (bicyclic) bond motifs is 1.